The average molecular weight is 237 g/mol. The number of anilines is 1. The third kappa shape index (κ3) is 3.79. The Morgan fingerprint density at radius 3 is 2.65 bits per heavy atom. The third-order valence-corrected chi connectivity index (χ3v) is 2.17. The summed E-state index contributed by atoms with van der Waals surface area (Å²) < 4.78 is 9.83. The summed E-state index contributed by atoms with van der Waals surface area (Å²) >= 11 is 0. The molecule has 0 atom stereocenters. The molecule has 1 aromatic carbocycles. The second-order valence-corrected chi connectivity index (χ2v) is 3.49. The Bertz CT molecular complexity index is 429. The van der Waals surface area contributed by atoms with E-state index in [-0.39, 0.29) is 24.8 Å². The first-order chi connectivity index (χ1) is 8.04. The van der Waals surface area contributed by atoms with E-state index in [9.17, 15) is 9.59 Å². The number of Topliss-reactive ketones (excluding diaryl/α,β-unsaturated/α-hetero) is 1. The van der Waals surface area contributed by atoms with Gasteiger partial charge in [-0.15, -0.1) is 0 Å². The number of hydrogen-bond acceptors (Lipinski definition) is 5. The molecule has 0 aliphatic heterocycles. The number of methoxy groups -OCH3 is 1. The van der Waals surface area contributed by atoms with Crippen LogP contribution in [0.4, 0.5) is 5.69 Å². The minimum atomic E-state index is -0.357. The molecule has 0 spiro atoms. The normalized spacial score (nSPS) is 9.76. The number of carbonyl (C=O) groups excluding carboxylic acids is 2. The van der Waals surface area contributed by atoms with Crippen molar-refractivity contribution in [3.8, 4) is 5.75 Å². The predicted molar refractivity (Wildman–Crippen MR) is 63.0 cm³/mol. The maximum atomic E-state index is 11.3. The highest BCUT2D eigenvalue weighted by molar-refractivity contribution is 5.97. The van der Waals surface area contributed by atoms with Crippen molar-refractivity contribution in [3.63, 3.8) is 0 Å². The van der Waals surface area contributed by atoms with E-state index in [1.54, 1.807) is 18.2 Å². The zero-order chi connectivity index (χ0) is 12.8. The molecule has 1 aromatic rings. The lowest BCUT2D eigenvalue weighted by Crippen LogP contribution is -2.09. The second-order valence-electron chi connectivity index (χ2n) is 3.49. The lowest BCUT2D eigenvalue weighted by atomic mass is 10.1. The lowest BCUT2D eigenvalue weighted by molar-refractivity contribution is -0.141. The minimum Gasteiger partial charge on any atom is -0.492 e. The quantitative estimate of drug-likeness (QED) is 0.476. The van der Waals surface area contributed by atoms with Crippen LogP contribution in [0.5, 0.6) is 5.75 Å². The highest BCUT2D eigenvalue weighted by atomic mass is 16.5. The fraction of sp³-hybridized carbons (Fsp3) is 0.333. The fourth-order valence-electron chi connectivity index (χ4n) is 1.29. The van der Waals surface area contributed by atoms with Gasteiger partial charge in [-0.3, -0.25) is 9.59 Å². The molecule has 17 heavy (non-hydrogen) atoms. The van der Waals surface area contributed by atoms with E-state index in [1.165, 1.54) is 14.0 Å². The van der Waals surface area contributed by atoms with E-state index in [1.807, 2.05) is 0 Å². The van der Waals surface area contributed by atoms with Crippen LogP contribution in [0.2, 0.25) is 0 Å². The van der Waals surface area contributed by atoms with E-state index in [0.29, 0.717) is 17.0 Å². The van der Waals surface area contributed by atoms with Gasteiger partial charge in [0.1, 0.15) is 5.75 Å². The molecule has 0 unspecified atom stereocenters. The molecule has 0 aliphatic carbocycles. The van der Waals surface area contributed by atoms with Crippen LogP contribution in [0, 0.1) is 0 Å². The van der Waals surface area contributed by atoms with Crippen molar-refractivity contribution < 1.29 is 19.1 Å². The van der Waals surface area contributed by atoms with E-state index in [4.69, 9.17) is 10.5 Å². The summed E-state index contributed by atoms with van der Waals surface area (Å²) in [6.07, 6.45) is 0.137. The largest absolute Gasteiger partial charge is 0.492 e. The van der Waals surface area contributed by atoms with E-state index >= 15 is 0 Å². The predicted octanol–water partition coefficient (Wildman–Crippen LogP) is 1.41. The van der Waals surface area contributed by atoms with Gasteiger partial charge < -0.3 is 15.2 Å². The first kappa shape index (κ1) is 13.0. The van der Waals surface area contributed by atoms with E-state index in [0.717, 1.165) is 0 Å². The summed E-state index contributed by atoms with van der Waals surface area (Å²) in [5, 5.41) is 0. The number of ether oxygens (including phenoxy) is 2. The minimum absolute atomic E-state index is 0.134. The topological polar surface area (TPSA) is 78.6 Å². The second kappa shape index (κ2) is 5.89. The number of nitrogens with two attached hydrogens (primary N) is 1. The molecule has 2 N–H and O–H groups in total. The van der Waals surface area contributed by atoms with Crippen molar-refractivity contribution in [1.29, 1.82) is 0 Å². The maximum absolute atomic E-state index is 11.3. The van der Waals surface area contributed by atoms with Crippen molar-refractivity contribution in [2.75, 3.05) is 19.5 Å². The molecule has 92 valence electrons. The Labute approximate surface area is 99.5 Å². The van der Waals surface area contributed by atoms with Gasteiger partial charge in [-0.2, -0.15) is 0 Å². The van der Waals surface area contributed by atoms with Gasteiger partial charge in [0.15, 0.2) is 5.78 Å². The zero-order valence-electron chi connectivity index (χ0n) is 9.86. The van der Waals surface area contributed by atoms with Gasteiger partial charge >= 0.3 is 5.97 Å². The van der Waals surface area contributed by atoms with Gasteiger partial charge in [0.2, 0.25) is 0 Å². The van der Waals surface area contributed by atoms with Crippen LogP contribution in [-0.4, -0.2) is 25.5 Å². The van der Waals surface area contributed by atoms with Crippen LogP contribution in [0.15, 0.2) is 18.2 Å². The number of ketones is 1. The van der Waals surface area contributed by atoms with E-state index in [2.05, 4.69) is 4.74 Å². The third-order valence-electron chi connectivity index (χ3n) is 2.17. The molecule has 5 heteroatoms. The molecular weight excluding hydrogens is 222 g/mol. The first-order valence-corrected chi connectivity index (χ1v) is 5.14. The Balaban J connectivity index is 2.70. The Morgan fingerprint density at radius 1 is 1.35 bits per heavy atom. The molecule has 5 nitrogen and oxygen atoms in total. The SMILES string of the molecule is COC(=O)CCOc1ccc(N)cc1C(C)=O. The number of hydrogen-bond donors (Lipinski definition) is 1. The number of nitrogen functional groups attached to an aromatic ring is 1. The molecule has 0 saturated heterocycles. The number of esters is 1. The maximum Gasteiger partial charge on any atom is 0.308 e. The highest BCUT2D eigenvalue weighted by Gasteiger charge is 2.09. The molecule has 0 saturated carbocycles. The summed E-state index contributed by atoms with van der Waals surface area (Å²) in [6, 6.07) is 4.80. The van der Waals surface area contributed by atoms with Gasteiger partial charge in [-0.1, -0.05) is 0 Å². The number of carbonyl (C=O) groups is 2. The van der Waals surface area contributed by atoms with Crippen LogP contribution >= 0.6 is 0 Å². The molecule has 0 aromatic heterocycles. The summed E-state index contributed by atoms with van der Waals surface area (Å²) in [6.45, 7) is 1.60. The van der Waals surface area contributed by atoms with Gasteiger partial charge in [0.25, 0.3) is 0 Å². The van der Waals surface area contributed by atoms with Crippen LogP contribution in [0.1, 0.15) is 23.7 Å². The molecule has 0 radical (unpaired) electrons. The molecule has 0 heterocycles. The molecule has 0 fully saturated rings. The Morgan fingerprint density at radius 2 is 2.06 bits per heavy atom. The monoisotopic (exact) mass is 237 g/mol. The van der Waals surface area contributed by atoms with Crippen molar-refractivity contribution in [2.24, 2.45) is 0 Å². The fourth-order valence-corrected chi connectivity index (χ4v) is 1.29. The number of benzene rings is 1. The molecular formula is C12H15NO4. The summed E-state index contributed by atoms with van der Waals surface area (Å²) in [5.74, 6) is -0.0641. The summed E-state index contributed by atoms with van der Waals surface area (Å²) in [4.78, 5) is 22.2. The van der Waals surface area contributed by atoms with Gasteiger partial charge in [-0.25, -0.2) is 0 Å². The van der Waals surface area contributed by atoms with Crippen molar-refractivity contribution in [1.82, 2.24) is 0 Å². The Kier molecular flexibility index (Phi) is 4.51. The lowest BCUT2D eigenvalue weighted by Gasteiger charge is -2.09. The van der Waals surface area contributed by atoms with Crippen LogP contribution in [-0.2, 0) is 9.53 Å². The average Bonchev–Trinajstić information content (AvgIpc) is 2.30. The van der Waals surface area contributed by atoms with Crippen LogP contribution < -0.4 is 10.5 Å². The number of rotatable bonds is 5. The first-order valence-electron chi connectivity index (χ1n) is 5.14. The molecule has 1 rings (SSSR count). The molecule has 0 aliphatic rings. The van der Waals surface area contributed by atoms with E-state index < -0.39 is 0 Å². The van der Waals surface area contributed by atoms with Crippen LogP contribution in [0.25, 0.3) is 0 Å². The zero-order valence-corrected chi connectivity index (χ0v) is 9.86. The van der Waals surface area contributed by atoms with Gasteiger partial charge in [0.05, 0.1) is 25.7 Å². The smallest absolute Gasteiger partial charge is 0.308 e. The summed E-state index contributed by atoms with van der Waals surface area (Å²) in [7, 11) is 1.31. The van der Waals surface area contributed by atoms with Crippen molar-refractivity contribution in [3.05, 3.63) is 23.8 Å². The van der Waals surface area contributed by atoms with Gasteiger partial charge in [-0.05, 0) is 25.1 Å². The molecule has 0 amide bonds. The highest BCUT2D eigenvalue weighted by Crippen LogP contribution is 2.22. The van der Waals surface area contributed by atoms with Crippen molar-refractivity contribution in [2.45, 2.75) is 13.3 Å². The van der Waals surface area contributed by atoms with Gasteiger partial charge in [0, 0.05) is 5.69 Å². The van der Waals surface area contributed by atoms with Crippen LogP contribution in [0.3, 0.4) is 0 Å². The summed E-state index contributed by atoms with van der Waals surface area (Å²) in [5.41, 5.74) is 6.49. The van der Waals surface area contributed by atoms with Crippen molar-refractivity contribution >= 4 is 17.4 Å². The standard InChI is InChI=1S/C12H15NO4/c1-8(14)10-7-9(13)3-4-11(10)17-6-5-12(15)16-2/h3-4,7H,5-6,13H2,1-2H3. The molecule has 0 bridgehead atoms. The Hall–Kier alpha value is -2.04.